The summed E-state index contributed by atoms with van der Waals surface area (Å²) < 4.78 is 29.4. The highest BCUT2D eigenvalue weighted by Crippen LogP contribution is 2.36. The third-order valence-electron chi connectivity index (χ3n) is 5.75. The Bertz CT molecular complexity index is 1440. The van der Waals surface area contributed by atoms with Crippen molar-refractivity contribution in [2.75, 3.05) is 11.9 Å². The minimum absolute atomic E-state index is 0.267. The number of aliphatic hydroxyl groups excluding tert-OH is 2. The second-order valence-corrected chi connectivity index (χ2v) is 10.5. The number of halogens is 1. The van der Waals surface area contributed by atoms with Gasteiger partial charge in [-0.15, -0.1) is 11.3 Å². The number of anilines is 1. The van der Waals surface area contributed by atoms with Crippen LogP contribution in [0.15, 0.2) is 41.9 Å². The Balaban J connectivity index is 1.43. The molecule has 1 unspecified atom stereocenters. The van der Waals surface area contributed by atoms with E-state index < -0.39 is 34.5 Å². The molecule has 4 atom stereocenters. The first-order valence-corrected chi connectivity index (χ1v) is 12.7. The van der Waals surface area contributed by atoms with Gasteiger partial charge in [-0.1, -0.05) is 11.6 Å². The van der Waals surface area contributed by atoms with Gasteiger partial charge in [-0.2, -0.15) is 18.0 Å². The average molecular weight is 510 g/mol. The largest absolute Gasteiger partial charge is 0.390 e. The van der Waals surface area contributed by atoms with Gasteiger partial charge in [0.15, 0.2) is 5.65 Å². The lowest BCUT2D eigenvalue weighted by molar-refractivity contribution is 0.00777. The topological polar surface area (TPSA) is 152 Å². The van der Waals surface area contributed by atoms with E-state index in [1.165, 1.54) is 0 Å². The van der Waals surface area contributed by atoms with E-state index >= 15 is 0 Å². The maximum Gasteiger partial charge on any atom is 0.333 e. The van der Waals surface area contributed by atoms with Gasteiger partial charge in [0.2, 0.25) is 0 Å². The van der Waals surface area contributed by atoms with Crippen LogP contribution in [0.4, 0.5) is 5.82 Å². The summed E-state index contributed by atoms with van der Waals surface area (Å²) >= 11 is 7.78. The third-order valence-corrected chi connectivity index (χ3v) is 7.41. The molecule has 0 aliphatic heterocycles. The molecule has 5 rings (SSSR count). The zero-order valence-corrected chi connectivity index (χ0v) is 19.4. The van der Waals surface area contributed by atoms with Gasteiger partial charge in [0.05, 0.1) is 24.4 Å². The lowest BCUT2D eigenvalue weighted by Crippen LogP contribution is -2.36. The van der Waals surface area contributed by atoms with Crippen molar-refractivity contribution in [2.45, 2.75) is 24.7 Å². The van der Waals surface area contributed by atoms with Crippen LogP contribution >= 0.6 is 22.9 Å². The lowest BCUT2D eigenvalue weighted by Gasteiger charge is -2.19. The Hall–Kier alpha value is -2.32. The molecule has 3 aromatic heterocycles. The minimum Gasteiger partial charge on any atom is -0.390 e. The van der Waals surface area contributed by atoms with Crippen LogP contribution in [0.2, 0.25) is 5.02 Å². The lowest BCUT2D eigenvalue weighted by atomic mass is 10.1. The fraction of sp³-hybridized carbons (Fsp3) is 0.300. The maximum atomic E-state index is 11.1. The van der Waals surface area contributed by atoms with Gasteiger partial charge in [0, 0.05) is 44.2 Å². The highest BCUT2D eigenvalue weighted by Gasteiger charge is 2.42. The summed E-state index contributed by atoms with van der Waals surface area (Å²) in [6.45, 7) is -0.319. The van der Waals surface area contributed by atoms with Crippen LogP contribution in [0.5, 0.6) is 0 Å². The van der Waals surface area contributed by atoms with Crippen molar-refractivity contribution < 1.29 is 22.8 Å². The van der Waals surface area contributed by atoms with Gasteiger partial charge in [0.25, 0.3) is 0 Å². The number of fused-ring (bicyclic) bond motifs is 2. The smallest absolute Gasteiger partial charge is 0.333 e. The van der Waals surface area contributed by atoms with Crippen LogP contribution in [0.1, 0.15) is 6.42 Å². The summed E-state index contributed by atoms with van der Waals surface area (Å²) in [5, 5.41) is 37.2. The van der Waals surface area contributed by atoms with Crippen molar-refractivity contribution in [3.05, 3.63) is 46.9 Å². The number of benzene rings is 1. The Labute approximate surface area is 197 Å². The molecular formula is C20H20ClN5O5S2. The number of rotatable bonds is 6. The predicted octanol–water partition coefficient (Wildman–Crippen LogP) is 2.01. The Kier molecular flexibility index (Phi) is 5.77. The molecule has 0 spiro atoms. The predicted molar refractivity (Wildman–Crippen MR) is 125 cm³/mol. The van der Waals surface area contributed by atoms with Crippen molar-refractivity contribution in [3.63, 3.8) is 0 Å². The van der Waals surface area contributed by atoms with Crippen molar-refractivity contribution in [1.29, 1.82) is 0 Å². The van der Waals surface area contributed by atoms with E-state index in [-0.39, 0.29) is 13.0 Å². The molecule has 5 N–H and O–H groups in total. The second-order valence-electron chi connectivity index (χ2n) is 7.92. The highest BCUT2D eigenvalue weighted by atomic mass is 35.5. The summed E-state index contributed by atoms with van der Waals surface area (Å²) in [6, 6.07) is 8.72. The molecular weight excluding hydrogens is 490 g/mol. The molecule has 33 heavy (non-hydrogen) atoms. The molecule has 1 aliphatic rings. The summed E-state index contributed by atoms with van der Waals surface area (Å²) in [6.07, 6.45) is -0.425. The Morgan fingerprint density at radius 3 is 2.88 bits per heavy atom. The van der Waals surface area contributed by atoms with Crippen molar-refractivity contribution in [1.82, 2.24) is 14.6 Å². The first kappa shape index (κ1) is 22.5. The van der Waals surface area contributed by atoms with E-state index in [0.717, 1.165) is 21.3 Å². The quantitative estimate of drug-likeness (QED) is 0.308. The molecule has 0 bridgehead atoms. The zero-order valence-electron chi connectivity index (χ0n) is 17.0. The van der Waals surface area contributed by atoms with Crippen LogP contribution < -0.4 is 10.5 Å². The first-order valence-electron chi connectivity index (χ1n) is 10.0. The monoisotopic (exact) mass is 509 g/mol. The molecule has 1 fully saturated rings. The SMILES string of the molecule is NS(=O)(=O)OCC1C[C@@H](Nc2ccnc3cc(-c4csc5ccc(Cl)cc45)nn23)[C@H](O)[C@@H]1O. The molecule has 4 aromatic rings. The molecule has 1 aromatic carbocycles. The maximum absolute atomic E-state index is 11.1. The second kappa shape index (κ2) is 8.47. The first-order chi connectivity index (χ1) is 15.7. The van der Waals surface area contributed by atoms with Crippen molar-refractivity contribution in [2.24, 2.45) is 11.1 Å². The summed E-state index contributed by atoms with van der Waals surface area (Å²) in [5.74, 6) is -0.0451. The number of thiophene rings is 1. The molecule has 3 heterocycles. The fourth-order valence-electron chi connectivity index (χ4n) is 4.14. The van der Waals surface area contributed by atoms with Crippen LogP contribution in [0, 0.1) is 5.92 Å². The molecule has 174 valence electrons. The summed E-state index contributed by atoms with van der Waals surface area (Å²) in [7, 11) is -4.14. The zero-order chi connectivity index (χ0) is 23.3. The standard InChI is InChI=1S/C20H20ClN5O5S2/c21-11-1-2-16-12(6-11)13(9-32-16)14-7-18-23-4-3-17(26(18)25-14)24-15-5-10(19(27)20(15)28)8-31-33(22,29)30/h1-4,6-7,9-10,15,19-20,24,27-28H,5,8H2,(H2,22,29,30)/t10?,15-,19-,20+/m1/s1. The molecule has 0 amide bonds. The van der Waals surface area contributed by atoms with Gasteiger partial charge in [-0.3, -0.25) is 4.18 Å². The van der Waals surface area contributed by atoms with Gasteiger partial charge >= 0.3 is 10.3 Å². The molecule has 10 nitrogen and oxygen atoms in total. The van der Waals surface area contributed by atoms with E-state index in [2.05, 4.69) is 14.5 Å². The molecule has 1 saturated carbocycles. The average Bonchev–Trinajstić information content (AvgIpc) is 3.44. The van der Waals surface area contributed by atoms with Gasteiger partial charge in [-0.25, -0.2) is 10.1 Å². The van der Waals surface area contributed by atoms with Crippen LogP contribution in [-0.4, -0.2) is 58.1 Å². The molecule has 13 heteroatoms. The number of hydrogen-bond acceptors (Lipinski definition) is 9. The summed E-state index contributed by atoms with van der Waals surface area (Å²) in [4.78, 5) is 4.38. The normalized spacial score (nSPS) is 23.5. The van der Waals surface area contributed by atoms with Crippen molar-refractivity contribution in [3.8, 4) is 11.3 Å². The number of aliphatic hydroxyl groups is 2. The number of nitrogens with one attached hydrogen (secondary N) is 1. The van der Waals surface area contributed by atoms with Gasteiger partial charge < -0.3 is 15.5 Å². The number of nitrogens with zero attached hydrogens (tertiary/aromatic N) is 3. The number of nitrogens with two attached hydrogens (primary N) is 1. The molecule has 0 saturated heterocycles. The van der Waals surface area contributed by atoms with E-state index in [4.69, 9.17) is 21.8 Å². The number of aromatic nitrogens is 3. The van der Waals surface area contributed by atoms with E-state index in [1.807, 2.05) is 29.6 Å². The van der Waals surface area contributed by atoms with Crippen LogP contribution in [-0.2, 0) is 14.5 Å². The van der Waals surface area contributed by atoms with Crippen molar-refractivity contribution >= 4 is 54.8 Å². The fourth-order valence-corrected chi connectivity index (χ4v) is 5.61. The number of hydrogen-bond donors (Lipinski definition) is 4. The Morgan fingerprint density at radius 1 is 1.27 bits per heavy atom. The third kappa shape index (κ3) is 4.43. The van der Waals surface area contributed by atoms with E-state index in [9.17, 15) is 18.6 Å². The van der Waals surface area contributed by atoms with Gasteiger partial charge in [-0.05, 0) is 30.7 Å². The van der Waals surface area contributed by atoms with Crippen LogP contribution in [0.25, 0.3) is 27.0 Å². The summed E-state index contributed by atoms with van der Waals surface area (Å²) in [5.41, 5.74) is 2.25. The minimum atomic E-state index is -4.14. The van der Waals surface area contributed by atoms with Crippen LogP contribution in [0.3, 0.4) is 0 Å². The highest BCUT2D eigenvalue weighted by molar-refractivity contribution is 7.84. The van der Waals surface area contributed by atoms with E-state index in [1.54, 1.807) is 28.1 Å². The Morgan fingerprint density at radius 2 is 2.09 bits per heavy atom. The van der Waals surface area contributed by atoms with Gasteiger partial charge in [0.1, 0.15) is 11.9 Å². The molecule has 1 aliphatic carbocycles. The van der Waals surface area contributed by atoms with E-state index in [0.29, 0.717) is 16.5 Å². The molecule has 0 radical (unpaired) electrons.